The van der Waals surface area contributed by atoms with Crippen molar-refractivity contribution in [3.05, 3.63) is 41.0 Å². The summed E-state index contributed by atoms with van der Waals surface area (Å²) < 4.78 is 9.26. The number of halogens is 1. The van der Waals surface area contributed by atoms with Crippen LogP contribution in [-0.4, -0.2) is 7.11 Å². The van der Waals surface area contributed by atoms with Crippen molar-refractivity contribution in [1.29, 1.82) is 0 Å². The van der Waals surface area contributed by atoms with Crippen LogP contribution in [0, 0.1) is 0 Å². The number of hydrogen-bond acceptors (Lipinski definition) is 1. The van der Waals surface area contributed by atoms with E-state index in [4.69, 9.17) is 2.81 Å². The quantitative estimate of drug-likeness (QED) is 0.753. The van der Waals surface area contributed by atoms with Gasteiger partial charge in [0.2, 0.25) is 0 Å². The average Bonchev–Trinajstić information content (AvgIpc) is 2.80. The van der Waals surface area contributed by atoms with Crippen molar-refractivity contribution in [1.82, 2.24) is 0 Å². The first kappa shape index (κ1) is 16.1. The van der Waals surface area contributed by atoms with Gasteiger partial charge in [-0.25, -0.2) is 0 Å². The minimum Gasteiger partial charge on any atom is -1.00 e. The van der Waals surface area contributed by atoms with Gasteiger partial charge in [0.1, 0.15) is 0 Å². The van der Waals surface area contributed by atoms with Gasteiger partial charge in [-0.05, 0) is 0 Å². The van der Waals surface area contributed by atoms with Crippen LogP contribution in [0.4, 0.5) is 0 Å². The second kappa shape index (κ2) is 6.50. The standard InChI is InChI=1S/2C7H9.CH3O.ClH.Zr/c2*1-6-4-3-5-7(6)2;1-2;;/h2*4H,3H2,1-2H3;1H3;1H;/q;;-1;;+2/p-1. The van der Waals surface area contributed by atoms with E-state index < -0.39 is 22.2 Å². The van der Waals surface area contributed by atoms with Crippen LogP contribution in [0.2, 0.25) is 0 Å². The molecule has 2 rings (SSSR count). The minimum atomic E-state index is -1.99. The van der Waals surface area contributed by atoms with Gasteiger partial charge < -0.3 is 12.4 Å². The fourth-order valence-electron chi connectivity index (χ4n) is 2.55. The van der Waals surface area contributed by atoms with Crippen LogP contribution in [0.25, 0.3) is 0 Å². The maximum Gasteiger partial charge on any atom is -1.00 e. The third-order valence-electron chi connectivity index (χ3n) is 4.07. The molecule has 1 nitrogen and oxygen atoms in total. The third-order valence-corrected chi connectivity index (χ3v) is 10.6. The van der Waals surface area contributed by atoms with Gasteiger partial charge in [-0.15, -0.1) is 0 Å². The maximum atomic E-state index is 5.97. The van der Waals surface area contributed by atoms with Crippen LogP contribution in [0.1, 0.15) is 40.5 Å². The molecule has 0 aromatic carbocycles. The van der Waals surface area contributed by atoms with Crippen molar-refractivity contribution >= 4 is 0 Å². The molecule has 2 aliphatic carbocycles. The van der Waals surface area contributed by atoms with Gasteiger partial charge >= 0.3 is 114 Å². The van der Waals surface area contributed by atoms with Crippen LogP contribution in [-0.2, 0) is 25.0 Å². The summed E-state index contributed by atoms with van der Waals surface area (Å²) >= 11 is -1.99. The average molecular weight is 344 g/mol. The molecular formula is C15H21ClOZr. The predicted molar refractivity (Wildman–Crippen MR) is 69.2 cm³/mol. The van der Waals surface area contributed by atoms with E-state index in [0.29, 0.717) is 0 Å². The molecule has 0 unspecified atom stereocenters. The Hall–Kier alpha value is 0.0931. The Balaban J connectivity index is 0.00000162. The Labute approximate surface area is 125 Å². The second-order valence-electron chi connectivity index (χ2n) is 4.92. The van der Waals surface area contributed by atoms with Gasteiger partial charge in [0.15, 0.2) is 0 Å². The molecule has 0 saturated heterocycles. The molecule has 0 heterocycles. The SMILES string of the molecule is C[O][Zr+]([C]1=C(C)C(C)=CC1)[C]1=C(C)C(C)=CC1.[Cl-]. The Kier molecular flexibility index (Phi) is 5.83. The van der Waals surface area contributed by atoms with Crippen LogP contribution in [0.15, 0.2) is 41.0 Å². The van der Waals surface area contributed by atoms with E-state index in [1.165, 1.54) is 22.3 Å². The Morgan fingerprint density at radius 1 is 0.889 bits per heavy atom. The van der Waals surface area contributed by atoms with E-state index in [9.17, 15) is 0 Å². The topological polar surface area (TPSA) is 9.23 Å². The number of rotatable bonds is 3. The molecule has 0 atom stereocenters. The Bertz CT molecular complexity index is 427. The van der Waals surface area contributed by atoms with Crippen molar-refractivity contribution in [3.8, 4) is 0 Å². The van der Waals surface area contributed by atoms with Crippen LogP contribution in [0.5, 0.6) is 0 Å². The molecule has 0 radical (unpaired) electrons. The van der Waals surface area contributed by atoms with E-state index in [1.54, 1.807) is 6.56 Å². The molecule has 0 spiro atoms. The number of allylic oxidation sites excluding steroid dienone is 8. The van der Waals surface area contributed by atoms with Crippen molar-refractivity contribution in [2.24, 2.45) is 0 Å². The monoisotopic (exact) mass is 342 g/mol. The van der Waals surface area contributed by atoms with Crippen molar-refractivity contribution in [3.63, 3.8) is 0 Å². The van der Waals surface area contributed by atoms with E-state index in [0.717, 1.165) is 12.8 Å². The van der Waals surface area contributed by atoms with Gasteiger partial charge in [0.05, 0.1) is 0 Å². The zero-order valence-electron chi connectivity index (χ0n) is 11.9. The first-order valence-corrected chi connectivity index (χ1v) is 9.67. The molecule has 0 amide bonds. The summed E-state index contributed by atoms with van der Waals surface area (Å²) in [7, 11) is 1.91. The summed E-state index contributed by atoms with van der Waals surface area (Å²) in [6, 6.07) is 0. The summed E-state index contributed by atoms with van der Waals surface area (Å²) in [4.78, 5) is 0. The summed E-state index contributed by atoms with van der Waals surface area (Å²) in [5.74, 6) is 0. The molecule has 0 fully saturated rings. The molecule has 2 aliphatic rings. The smallest absolute Gasteiger partial charge is 1.00 e. The van der Waals surface area contributed by atoms with E-state index in [1.807, 2.05) is 7.11 Å². The van der Waals surface area contributed by atoms with E-state index >= 15 is 0 Å². The first-order valence-electron chi connectivity index (χ1n) is 6.21. The molecule has 0 aromatic heterocycles. The summed E-state index contributed by atoms with van der Waals surface area (Å²) in [5.41, 5.74) is 5.92. The molecule has 0 aromatic rings. The maximum absolute atomic E-state index is 5.97. The molecule has 18 heavy (non-hydrogen) atoms. The summed E-state index contributed by atoms with van der Waals surface area (Å²) in [5, 5.41) is 0. The van der Waals surface area contributed by atoms with Crippen molar-refractivity contribution < 1.29 is 37.4 Å². The molecule has 0 aliphatic heterocycles. The minimum absolute atomic E-state index is 0. The van der Waals surface area contributed by atoms with Crippen LogP contribution < -0.4 is 12.4 Å². The van der Waals surface area contributed by atoms with Crippen LogP contribution >= 0.6 is 0 Å². The molecule has 0 saturated carbocycles. The largest absolute Gasteiger partial charge is 1.00 e. The number of hydrogen-bond donors (Lipinski definition) is 0. The molecule has 0 N–H and O–H groups in total. The first-order chi connectivity index (χ1) is 8.06. The second-order valence-corrected chi connectivity index (χ2v) is 10.5. The fourth-order valence-corrected chi connectivity index (χ4v) is 8.72. The molecule has 98 valence electrons. The molecule has 3 heteroatoms. The predicted octanol–water partition coefficient (Wildman–Crippen LogP) is 1.42. The Morgan fingerprint density at radius 2 is 1.28 bits per heavy atom. The van der Waals surface area contributed by atoms with Crippen LogP contribution in [0.3, 0.4) is 0 Å². The van der Waals surface area contributed by atoms with Gasteiger partial charge in [-0.1, -0.05) is 0 Å². The van der Waals surface area contributed by atoms with Crippen molar-refractivity contribution in [2.75, 3.05) is 7.11 Å². The van der Waals surface area contributed by atoms with Gasteiger partial charge in [-0.2, -0.15) is 0 Å². The van der Waals surface area contributed by atoms with Gasteiger partial charge in [0, 0.05) is 0 Å². The normalized spacial score (nSPS) is 18.9. The molecule has 0 bridgehead atoms. The van der Waals surface area contributed by atoms with Gasteiger partial charge in [-0.3, -0.25) is 0 Å². The fraction of sp³-hybridized carbons (Fsp3) is 0.467. The van der Waals surface area contributed by atoms with E-state index in [-0.39, 0.29) is 12.4 Å². The van der Waals surface area contributed by atoms with Crippen molar-refractivity contribution in [2.45, 2.75) is 40.5 Å². The zero-order valence-corrected chi connectivity index (χ0v) is 15.1. The third kappa shape index (κ3) is 2.81. The molecular weight excluding hydrogens is 323 g/mol. The van der Waals surface area contributed by atoms with Gasteiger partial charge in [0.25, 0.3) is 0 Å². The summed E-state index contributed by atoms with van der Waals surface area (Å²) in [6.45, 7) is 8.97. The zero-order chi connectivity index (χ0) is 12.6. The van der Waals surface area contributed by atoms with E-state index in [2.05, 4.69) is 39.8 Å². The summed E-state index contributed by atoms with van der Waals surface area (Å²) in [6.07, 6.45) is 6.98. The Morgan fingerprint density at radius 3 is 1.50 bits per heavy atom.